The summed E-state index contributed by atoms with van der Waals surface area (Å²) in [5.41, 5.74) is 3.06. The van der Waals surface area contributed by atoms with Crippen molar-refractivity contribution in [1.29, 1.82) is 0 Å². The molecule has 0 unspecified atom stereocenters. The lowest BCUT2D eigenvalue weighted by molar-refractivity contribution is -0.127. The average Bonchev–Trinajstić information content (AvgIpc) is 2.34. The monoisotopic (exact) mass is 258 g/mol. The molecule has 1 N–H and O–H groups in total. The summed E-state index contributed by atoms with van der Waals surface area (Å²) in [6.45, 7) is 5.23. The van der Waals surface area contributed by atoms with E-state index in [-0.39, 0.29) is 11.7 Å². The van der Waals surface area contributed by atoms with Crippen molar-refractivity contribution in [3.63, 3.8) is 0 Å². The van der Waals surface area contributed by atoms with E-state index in [1.165, 1.54) is 6.08 Å². The number of amides is 1. The molecule has 0 aliphatic carbocycles. The number of nitrogens with zero attached hydrogens (tertiary/aromatic N) is 1. The molecule has 1 fully saturated rings. The fourth-order valence-corrected chi connectivity index (χ4v) is 2.15. The van der Waals surface area contributed by atoms with Crippen LogP contribution in [0.5, 0.6) is 0 Å². The maximum atomic E-state index is 12.2. The lowest BCUT2D eigenvalue weighted by Gasteiger charge is -2.25. The normalized spacial score (nSPS) is 17.5. The third-order valence-corrected chi connectivity index (χ3v) is 3.26. The molecule has 4 nitrogen and oxygen atoms in total. The van der Waals surface area contributed by atoms with E-state index >= 15 is 0 Å². The first-order chi connectivity index (χ1) is 8.99. The predicted octanol–water partition coefficient (Wildman–Crippen LogP) is 1.43. The summed E-state index contributed by atoms with van der Waals surface area (Å²) < 4.78 is 0. The molecular weight excluding hydrogens is 240 g/mol. The van der Waals surface area contributed by atoms with Crippen LogP contribution in [0.4, 0.5) is 0 Å². The maximum absolute atomic E-state index is 12.2. The van der Waals surface area contributed by atoms with Crippen molar-refractivity contribution in [2.75, 3.05) is 20.1 Å². The minimum absolute atomic E-state index is 0.135. The Labute approximate surface area is 113 Å². The Balaban J connectivity index is 2.27. The molecule has 1 amide bonds. The van der Waals surface area contributed by atoms with Crippen molar-refractivity contribution in [3.8, 4) is 0 Å². The quantitative estimate of drug-likeness (QED) is 0.645. The molecule has 2 rings (SSSR count). The number of allylic oxidation sites excluding steroid dienone is 1. The Bertz CT molecular complexity index is 561. The Morgan fingerprint density at radius 3 is 2.79 bits per heavy atom. The van der Waals surface area contributed by atoms with Crippen LogP contribution in [-0.2, 0) is 4.79 Å². The summed E-state index contributed by atoms with van der Waals surface area (Å²) in [5, 5.41) is 2.98. The van der Waals surface area contributed by atoms with Gasteiger partial charge in [0.25, 0.3) is 5.91 Å². The molecule has 19 heavy (non-hydrogen) atoms. The van der Waals surface area contributed by atoms with Gasteiger partial charge in [0.2, 0.25) is 0 Å². The van der Waals surface area contributed by atoms with E-state index < -0.39 is 0 Å². The van der Waals surface area contributed by atoms with Gasteiger partial charge in [0.1, 0.15) is 5.70 Å². The molecule has 0 atom stereocenters. The van der Waals surface area contributed by atoms with Crippen LogP contribution in [0, 0.1) is 13.8 Å². The van der Waals surface area contributed by atoms with Gasteiger partial charge in [-0.2, -0.15) is 0 Å². The molecule has 100 valence electrons. The summed E-state index contributed by atoms with van der Waals surface area (Å²) in [6.07, 6.45) is 1.40. The van der Waals surface area contributed by atoms with Gasteiger partial charge in [0.15, 0.2) is 5.78 Å². The van der Waals surface area contributed by atoms with Crippen molar-refractivity contribution in [1.82, 2.24) is 10.2 Å². The van der Waals surface area contributed by atoms with E-state index in [2.05, 4.69) is 5.32 Å². The molecule has 1 heterocycles. The highest BCUT2D eigenvalue weighted by molar-refractivity contribution is 6.10. The van der Waals surface area contributed by atoms with Crippen molar-refractivity contribution in [2.45, 2.75) is 13.8 Å². The Kier molecular flexibility index (Phi) is 3.69. The minimum Gasteiger partial charge on any atom is -0.379 e. The van der Waals surface area contributed by atoms with Gasteiger partial charge in [-0.25, -0.2) is 0 Å². The molecule has 0 saturated carbocycles. The van der Waals surface area contributed by atoms with Crippen LogP contribution in [0.25, 0.3) is 0 Å². The SMILES string of the molecule is Cc1ccc(C(=O)/C=C2/NCCN(C)C2=O)c(C)c1. The van der Waals surface area contributed by atoms with Gasteiger partial charge in [-0.15, -0.1) is 0 Å². The zero-order chi connectivity index (χ0) is 14.0. The van der Waals surface area contributed by atoms with Crippen LogP contribution >= 0.6 is 0 Å². The van der Waals surface area contributed by atoms with Crippen LogP contribution < -0.4 is 5.32 Å². The molecule has 0 spiro atoms. The molecule has 4 heteroatoms. The van der Waals surface area contributed by atoms with Crippen molar-refractivity contribution in [2.24, 2.45) is 0 Å². The van der Waals surface area contributed by atoms with E-state index in [4.69, 9.17) is 0 Å². The van der Waals surface area contributed by atoms with Crippen LogP contribution in [-0.4, -0.2) is 36.7 Å². The number of rotatable bonds is 2. The summed E-state index contributed by atoms with van der Waals surface area (Å²) >= 11 is 0. The molecule has 1 saturated heterocycles. The summed E-state index contributed by atoms with van der Waals surface area (Å²) in [5.74, 6) is -0.270. The van der Waals surface area contributed by atoms with Crippen molar-refractivity contribution in [3.05, 3.63) is 46.7 Å². The summed E-state index contributed by atoms with van der Waals surface area (Å²) in [4.78, 5) is 25.7. The zero-order valence-corrected chi connectivity index (χ0v) is 11.5. The third-order valence-electron chi connectivity index (χ3n) is 3.26. The first kappa shape index (κ1) is 13.3. The predicted molar refractivity (Wildman–Crippen MR) is 74.0 cm³/mol. The maximum Gasteiger partial charge on any atom is 0.269 e. The molecule has 0 bridgehead atoms. The zero-order valence-electron chi connectivity index (χ0n) is 11.5. The number of hydrogen-bond acceptors (Lipinski definition) is 3. The van der Waals surface area contributed by atoms with Gasteiger partial charge >= 0.3 is 0 Å². The van der Waals surface area contributed by atoms with E-state index in [1.54, 1.807) is 18.0 Å². The van der Waals surface area contributed by atoms with Gasteiger partial charge in [-0.1, -0.05) is 23.8 Å². The second-order valence-electron chi connectivity index (χ2n) is 4.89. The van der Waals surface area contributed by atoms with Gasteiger partial charge in [-0.05, 0) is 19.4 Å². The molecule has 1 aliphatic heterocycles. The smallest absolute Gasteiger partial charge is 0.269 e. The number of ketones is 1. The molecule has 1 aromatic rings. The first-order valence-corrected chi connectivity index (χ1v) is 6.31. The van der Waals surface area contributed by atoms with Crippen LogP contribution in [0.2, 0.25) is 0 Å². The number of carbonyl (C=O) groups is 2. The van der Waals surface area contributed by atoms with Crippen LogP contribution in [0.1, 0.15) is 21.5 Å². The molecule has 0 radical (unpaired) electrons. The molecular formula is C15H18N2O2. The van der Waals surface area contributed by atoms with E-state index in [0.29, 0.717) is 24.4 Å². The highest BCUT2D eigenvalue weighted by Gasteiger charge is 2.20. The average molecular weight is 258 g/mol. The Morgan fingerprint density at radius 1 is 1.37 bits per heavy atom. The number of likely N-dealkylation sites (N-methyl/N-ethyl adjacent to an activating group) is 1. The van der Waals surface area contributed by atoms with Gasteiger partial charge in [0, 0.05) is 31.8 Å². The number of benzene rings is 1. The second kappa shape index (κ2) is 5.26. The van der Waals surface area contributed by atoms with E-state index in [9.17, 15) is 9.59 Å². The van der Waals surface area contributed by atoms with Gasteiger partial charge < -0.3 is 10.2 Å². The fraction of sp³-hybridized carbons (Fsp3) is 0.333. The van der Waals surface area contributed by atoms with Crippen LogP contribution in [0.3, 0.4) is 0 Å². The number of nitrogens with one attached hydrogen (secondary N) is 1. The highest BCUT2D eigenvalue weighted by atomic mass is 16.2. The van der Waals surface area contributed by atoms with Crippen molar-refractivity contribution < 1.29 is 9.59 Å². The Hall–Kier alpha value is -2.10. The lowest BCUT2D eigenvalue weighted by atomic mass is 10.0. The largest absolute Gasteiger partial charge is 0.379 e. The summed E-state index contributed by atoms with van der Waals surface area (Å²) in [7, 11) is 1.73. The molecule has 0 aromatic heterocycles. The van der Waals surface area contributed by atoms with E-state index in [0.717, 1.165) is 11.1 Å². The van der Waals surface area contributed by atoms with E-state index in [1.807, 2.05) is 26.0 Å². The number of carbonyl (C=O) groups excluding carboxylic acids is 2. The number of hydrogen-bond donors (Lipinski definition) is 1. The number of aryl methyl sites for hydroxylation is 2. The standard InChI is InChI=1S/C15H18N2O2/c1-10-4-5-12(11(2)8-10)14(18)9-13-15(19)17(3)7-6-16-13/h4-5,8-9,16H,6-7H2,1-3H3/b13-9+. The fourth-order valence-electron chi connectivity index (χ4n) is 2.15. The van der Waals surface area contributed by atoms with Crippen molar-refractivity contribution >= 4 is 11.7 Å². The molecule has 1 aliphatic rings. The van der Waals surface area contributed by atoms with Crippen LogP contribution in [0.15, 0.2) is 30.0 Å². The second-order valence-corrected chi connectivity index (χ2v) is 4.89. The minimum atomic E-state index is -0.136. The Morgan fingerprint density at radius 2 is 2.11 bits per heavy atom. The molecule has 1 aromatic carbocycles. The van der Waals surface area contributed by atoms with Gasteiger partial charge in [0.05, 0.1) is 0 Å². The highest BCUT2D eigenvalue weighted by Crippen LogP contribution is 2.13. The summed E-state index contributed by atoms with van der Waals surface area (Å²) in [6, 6.07) is 5.68. The van der Waals surface area contributed by atoms with Gasteiger partial charge in [-0.3, -0.25) is 9.59 Å². The topological polar surface area (TPSA) is 49.4 Å². The lowest BCUT2D eigenvalue weighted by Crippen LogP contribution is -2.44. The number of piperazine rings is 1. The first-order valence-electron chi connectivity index (χ1n) is 6.31. The third kappa shape index (κ3) is 2.84.